The molecule has 2 atom stereocenters. The highest BCUT2D eigenvalue weighted by Crippen LogP contribution is 2.22. The maximum atomic E-state index is 12.0. The van der Waals surface area contributed by atoms with Crippen LogP contribution >= 0.6 is 15.9 Å². The van der Waals surface area contributed by atoms with E-state index in [2.05, 4.69) is 27.8 Å². The summed E-state index contributed by atoms with van der Waals surface area (Å²) >= 11 is 3.41. The molecular weight excluding hydrogens is 288 g/mol. The van der Waals surface area contributed by atoms with Crippen LogP contribution in [-0.4, -0.2) is 24.3 Å². The maximum absolute atomic E-state index is 12.0. The molecule has 0 saturated heterocycles. The van der Waals surface area contributed by atoms with Crippen molar-refractivity contribution in [2.45, 2.75) is 38.4 Å². The summed E-state index contributed by atoms with van der Waals surface area (Å²) in [7, 11) is 1.13. The minimum atomic E-state index is -0.836. The first-order valence-electron chi connectivity index (χ1n) is 5.29. The molecule has 0 aromatic carbocycles. The van der Waals surface area contributed by atoms with Gasteiger partial charge in [0.05, 0.1) is 6.20 Å². The third-order valence-electron chi connectivity index (χ3n) is 2.49. The van der Waals surface area contributed by atoms with Crippen molar-refractivity contribution >= 4 is 26.7 Å². The van der Waals surface area contributed by atoms with Crippen LogP contribution in [0.2, 0.25) is 0 Å². The first-order valence-corrected chi connectivity index (χ1v) is 7.40. The number of nitrogens with zero attached hydrogens (tertiary/aromatic N) is 2. The van der Waals surface area contributed by atoms with Crippen LogP contribution in [0, 0.1) is 0 Å². The zero-order valence-electron chi connectivity index (χ0n) is 10.5. The number of halogens is 1. The lowest BCUT2D eigenvalue weighted by molar-refractivity contribution is 0.634. The van der Waals surface area contributed by atoms with E-state index in [1.165, 1.54) is 0 Å². The van der Waals surface area contributed by atoms with E-state index in [1.54, 1.807) is 6.20 Å². The van der Waals surface area contributed by atoms with Gasteiger partial charge in [-0.05, 0) is 36.7 Å². The first-order chi connectivity index (χ1) is 7.23. The van der Waals surface area contributed by atoms with Crippen molar-refractivity contribution < 1.29 is 4.21 Å². The minimum Gasteiger partial charge on any atom is -0.326 e. The van der Waals surface area contributed by atoms with E-state index < -0.39 is 10.8 Å². The van der Waals surface area contributed by atoms with Crippen LogP contribution in [-0.2, 0) is 17.8 Å². The van der Waals surface area contributed by atoms with Crippen LogP contribution in [0.25, 0.3) is 0 Å². The molecule has 3 nitrogen and oxygen atoms in total. The topological polar surface area (TPSA) is 34.9 Å². The van der Waals surface area contributed by atoms with Gasteiger partial charge < -0.3 is 4.57 Å². The van der Waals surface area contributed by atoms with Gasteiger partial charge in [0.15, 0.2) is 0 Å². The molecule has 0 aliphatic carbocycles. The minimum absolute atomic E-state index is 0.156. The molecule has 0 saturated carbocycles. The van der Waals surface area contributed by atoms with E-state index in [1.807, 2.05) is 32.4 Å². The number of rotatable bonds is 3. The molecule has 16 heavy (non-hydrogen) atoms. The normalized spacial score (nSPS) is 16.1. The van der Waals surface area contributed by atoms with E-state index in [0.717, 1.165) is 10.4 Å². The Bertz CT molecular complexity index is 395. The Morgan fingerprint density at radius 3 is 2.50 bits per heavy atom. The zero-order valence-corrected chi connectivity index (χ0v) is 12.9. The van der Waals surface area contributed by atoms with Crippen molar-refractivity contribution in [2.24, 2.45) is 7.05 Å². The van der Waals surface area contributed by atoms with Crippen LogP contribution in [0.15, 0.2) is 10.8 Å². The highest BCUT2D eigenvalue weighted by atomic mass is 79.9. The molecule has 0 spiro atoms. The molecule has 1 rings (SSSR count). The largest absolute Gasteiger partial charge is 0.326 e. The molecule has 92 valence electrons. The van der Waals surface area contributed by atoms with Crippen molar-refractivity contribution in [1.82, 2.24) is 9.55 Å². The number of hydrogen-bond donors (Lipinski definition) is 0. The summed E-state index contributed by atoms with van der Waals surface area (Å²) in [5.41, 5.74) is 0. The van der Waals surface area contributed by atoms with E-state index in [9.17, 15) is 4.21 Å². The van der Waals surface area contributed by atoms with Gasteiger partial charge >= 0.3 is 0 Å². The molecule has 0 radical (unpaired) electrons. The van der Waals surface area contributed by atoms with Gasteiger partial charge in [0.2, 0.25) is 0 Å². The molecule has 0 N–H and O–H groups in total. The predicted molar refractivity (Wildman–Crippen MR) is 72.1 cm³/mol. The van der Waals surface area contributed by atoms with Crippen molar-refractivity contribution in [3.63, 3.8) is 0 Å². The van der Waals surface area contributed by atoms with E-state index in [0.29, 0.717) is 5.75 Å². The van der Waals surface area contributed by atoms with Crippen molar-refractivity contribution in [2.75, 3.05) is 5.75 Å². The molecule has 0 fully saturated rings. The van der Waals surface area contributed by atoms with Gasteiger partial charge in [-0.1, -0.05) is 6.92 Å². The van der Waals surface area contributed by atoms with Crippen molar-refractivity contribution in [1.29, 1.82) is 0 Å². The molecule has 1 aromatic rings. The molecular formula is C11H19BrN2OS. The molecule has 5 heteroatoms. The SMILES string of the molecule is C[C@@H](C[S@](=O)C(C)(C)C)c1ncc(Br)n1C. The van der Waals surface area contributed by atoms with E-state index in [4.69, 9.17) is 0 Å². The fourth-order valence-corrected chi connectivity index (χ4v) is 2.80. The Labute approximate surface area is 108 Å². The molecule has 1 heterocycles. The van der Waals surface area contributed by atoms with Gasteiger partial charge in [-0.15, -0.1) is 0 Å². The maximum Gasteiger partial charge on any atom is 0.113 e. The van der Waals surface area contributed by atoms with Gasteiger partial charge in [0.25, 0.3) is 0 Å². The van der Waals surface area contributed by atoms with Crippen LogP contribution in [0.5, 0.6) is 0 Å². The second-order valence-corrected chi connectivity index (χ2v) is 8.09. The summed E-state index contributed by atoms with van der Waals surface area (Å²) in [5, 5.41) is 0. The molecule has 1 aromatic heterocycles. The smallest absolute Gasteiger partial charge is 0.113 e. The Morgan fingerprint density at radius 1 is 1.56 bits per heavy atom. The summed E-state index contributed by atoms with van der Waals surface area (Å²) in [4.78, 5) is 4.33. The Hall–Kier alpha value is -0.160. The fourth-order valence-electron chi connectivity index (χ4n) is 1.41. The van der Waals surface area contributed by atoms with E-state index >= 15 is 0 Å². The number of aromatic nitrogens is 2. The third-order valence-corrected chi connectivity index (χ3v) is 5.40. The fraction of sp³-hybridized carbons (Fsp3) is 0.727. The second kappa shape index (κ2) is 5.00. The highest BCUT2D eigenvalue weighted by molar-refractivity contribution is 9.10. The van der Waals surface area contributed by atoms with Gasteiger partial charge in [-0.25, -0.2) is 4.98 Å². The zero-order chi connectivity index (χ0) is 12.5. The number of hydrogen-bond acceptors (Lipinski definition) is 2. The van der Waals surface area contributed by atoms with E-state index in [-0.39, 0.29) is 10.7 Å². The van der Waals surface area contributed by atoms with Gasteiger partial charge in [0.1, 0.15) is 10.4 Å². The first kappa shape index (κ1) is 13.9. The summed E-state index contributed by atoms with van der Waals surface area (Å²) in [5.74, 6) is 1.83. The lowest BCUT2D eigenvalue weighted by Gasteiger charge is -2.20. The standard InChI is InChI=1S/C11H19BrN2OS/c1-8(7-16(15)11(2,3)4)10-13-6-9(12)14(10)5/h6,8H,7H2,1-5H3/t8-,16-/m0/s1. The molecule has 0 amide bonds. The third kappa shape index (κ3) is 3.17. The summed E-state index contributed by atoms with van der Waals surface area (Å²) in [6.07, 6.45) is 1.78. The summed E-state index contributed by atoms with van der Waals surface area (Å²) in [6.45, 7) is 8.08. The Morgan fingerprint density at radius 2 is 2.12 bits per heavy atom. The number of imidazole rings is 1. The van der Waals surface area contributed by atoms with Gasteiger partial charge in [-0.2, -0.15) is 0 Å². The van der Waals surface area contributed by atoms with Crippen LogP contribution in [0.4, 0.5) is 0 Å². The van der Waals surface area contributed by atoms with Crippen LogP contribution < -0.4 is 0 Å². The van der Waals surface area contributed by atoms with Crippen LogP contribution in [0.3, 0.4) is 0 Å². The average molecular weight is 307 g/mol. The molecule has 0 unspecified atom stereocenters. The van der Waals surface area contributed by atoms with Crippen molar-refractivity contribution in [3.8, 4) is 0 Å². The monoisotopic (exact) mass is 306 g/mol. The Kier molecular flexibility index (Phi) is 4.35. The second-order valence-electron chi connectivity index (χ2n) is 5.02. The molecule has 0 aliphatic heterocycles. The quantitative estimate of drug-likeness (QED) is 0.860. The predicted octanol–water partition coefficient (Wildman–Crippen LogP) is 2.83. The lowest BCUT2D eigenvalue weighted by atomic mass is 10.2. The van der Waals surface area contributed by atoms with Crippen LogP contribution in [0.1, 0.15) is 39.4 Å². The summed E-state index contributed by atoms with van der Waals surface area (Å²) < 4.78 is 14.8. The average Bonchev–Trinajstić information content (AvgIpc) is 2.46. The van der Waals surface area contributed by atoms with Gasteiger partial charge in [0, 0.05) is 34.3 Å². The molecule has 0 aliphatic rings. The lowest BCUT2D eigenvalue weighted by Crippen LogP contribution is -2.26. The summed E-state index contributed by atoms with van der Waals surface area (Å²) in [6, 6.07) is 0. The Balaban J connectivity index is 2.77. The highest BCUT2D eigenvalue weighted by Gasteiger charge is 2.23. The van der Waals surface area contributed by atoms with Gasteiger partial charge in [-0.3, -0.25) is 4.21 Å². The van der Waals surface area contributed by atoms with Crippen molar-refractivity contribution in [3.05, 3.63) is 16.6 Å². The molecule has 0 bridgehead atoms.